The smallest absolute Gasteiger partial charge is 0.0702 e. The van der Waals surface area contributed by atoms with Crippen LogP contribution in [0, 0.1) is 0 Å². The van der Waals surface area contributed by atoms with Gasteiger partial charge in [-0.3, -0.25) is 4.90 Å². The van der Waals surface area contributed by atoms with Crippen molar-refractivity contribution in [3.05, 3.63) is 0 Å². The molecule has 0 aromatic rings. The minimum Gasteiger partial charge on any atom is -0.396 e. The average Bonchev–Trinajstić information content (AvgIpc) is 2.67. The highest BCUT2D eigenvalue weighted by atomic mass is 16.5. The molecule has 94 valence electrons. The summed E-state index contributed by atoms with van der Waals surface area (Å²) in [6, 6.07) is 0.453. The molecule has 0 bridgehead atoms. The summed E-state index contributed by atoms with van der Waals surface area (Å²) in [6.07, 6.45) is 4.95. The Balaban J connectivity index is 1.77. The minimum atomic E-state index is 0.283. The van der Waals surface area contributed by atoms with Gasteiger partial charge in [-0.1, -0.05) is 0 Å². The zero-order valence-electron chi connectivity index (χ0n) is 10.0. The van der Waals surface area contributed by atoms with Crippen molar-refractivity contribution in [1.82, 2.24) is 10.2 Å². The molecule has 2 saturated heterocycles. The van der Waals surface area contributed by atoms with E-state index in [4.69, 9.17) is 9.84 Å². The van der Waals surface area contributed by atoms with Gasteiger partial charge in [0.15, 0.2) is 0 Å². The SMILES string of the molecule is OCCC1CN(CC2CCCO2)CCCN1. The number of aliphatic hydroxyl groups is 1. The first-order valence-corrected chi connectivity index (χ1v) is 6.56. The van der Waals surface area contributed by atoms with E-state index in [9.17, 15) is 0 Å². The van der Waals surface area contributed by atoms with Gasteiger partial charge in [-0.15, -0.1) is 0 Å². The van der Waals surface area contributed by atoms with E-state index < -0.39 is 0 Å². The molecule has 0 aromatic carbocycles. The molecule has 2 fully saturated rings. The molecule has 0 aromatic heterocycles. The number of aliphatic hydroxyl groups excluding tert-OH is 1. The largest absolute Gasteiger partial charge is 0.396 e. The summed E-state index contributed by atoms with van der Waals surface area (Å²) in [6.45, 7) is 5.59. The van der Waals surface area contributed by atoms with E-state index in [0.29, 0.717) is 12.1 Å². The van der Waals surface area contributed by atoms with E-state index in [1.165, 1.54) is 19.3 Å². The molecule has 0 amide bonds. The van der Waals surface area contributed by atoms with Gasteiger partial charge in [0.2, 0.25) is 0 Å². The first-order chi connectivity index (χ1) is 7.88. The van der Waals surface area contributed by atoms with Crippen molar-refractivity contribution >= 4 is 0 Å². The lowest BCUT2D eigenvalue weighted by Crippen LogP contribution is -2.41. The Morgan fingerprint density at radius 2 is 2.31 bits per heavy atom. The summed E-state index contributed by atoms with van der Waals surface area (Å²) >= 11 is 0. The van der Waals surface area contributed by atoms with Crippen LogP contribution < -0.4 is 5.32 Å². The van der Waals surface area contributed by atoms with Crippen molar-refractivity contribution in [3.8, 4) is 0 Å². The van der Waals surface area contributed by atoms with E-state index in [2.05, 4.69) is 10.2 Å². The minimum absolute atomic E-state index is 0.283. The Hall–Kier alpha value is -0.160. The molecule has 0 spiro atoms. The highest BCUT2D eigenvalue weighted by Gasteiger charge is 2.22. The number of rotatable bonds is 4. The quantitative estimate of drug-likeness (QED) is 0.722. The van der Waals surface area contributed by atoms with E-state index in [-0.39, 0.29) is 6.61 Å². The molecule has 2 aliphatic heterocycles. The van der Waals surface area contributed by atoms with E-state index in [1.54, 1.807) is 0 Å². The van der Waals surface area contributed by atoms with Gasteiger partial charge in [-0.2, -0.15) is 0 Å². The highest BCUT2D eigenvalue weighted by Crippen LogP contribution is 2.14. The topological polar surface area (TPSA) is 44.7 Å². The van der Waals surface area contributed by atoms with Crippen LogP contribution in [0.15, 0.2) is 0 Å². The maximum atomic E-state index is 9.00. The molecule has 2 N–H and O–H groups in total. The molecule has 2 heterocycles. The third-order valence-electron chi connectivity index (χ3n) is 3.53. The van der Waals surface area contributed by atoms with Crippen molar-refractivity contribution < 1.29 is 9.84 Å². The molecular formula is C12H24N2O2. The number of hydrogen-bond donors (Lipinski definition) is 2. The molecule has 16 heavy (non-hydrogen) atoms. The summed E-state index contributed by atoms with van der Waals surface area (Å²) in [7, 11) is 0. The fraction of sp³-hybridized carbons (Fsp3) is 1.00. The first-order valence-electron chi connectivity index (χ1n) is 6.56. The van der Waals surface area contributed by atoms with Gasteiger partial charge in [0.1, 0.15) is 0 Å². The molecule has 4 nitrogen and oxygen atoms in total. The molecule has 0 aliphatic carbocycles. The third-order valence-corrected chi connectivity index (χ3v) is 3.53. The van der Waals surface area contributed by atoms with Gasteiger partial charge >= 0.3 is 0 Å². The normalized spacial score (nSPS) is 32.8. The van der Waals surface area contributed by atoms with Gasteiger partial charge in [-0.05, 0) is 38.8 Å². The van der Waals surface area contributed by atoms with Crippen LogP contribution >= 0.6 is 0 Å². The van der Waals surface area contributed by atoms with Crippen molar-refractivity contribution in [1.29, 1.82) is 0 Å². The summed E-state index contributed by atoms with van der Waals surface area (Å²) < 4.78 is 5.68. The lowest BCUT2D eigenvalue weighted by molar-refractivity contribution is 0.0717. The van der Waals surface area contributed by atoms with Crippen LogP contribution in [0.5, 0.6) is 0 Å². The van der Waals surface area contributed by atoms with E-state index in [0.717, 1.165) is 39.2 Å². The van der Waals surface area contributed by atoms with Crippen LogP contribution in [0.3, 0.4) is 0 Å². The van der Waals surface area contributed by atoms with Crippen molar-refractivity contribution in [2.75, 3.05) is 39.4 Å². The molecule has 2 atom stereocenters. The van der Waals surface area contributed by atoms with Crippen LogP contribution in [0.25, 0.3) is 0 Å². The second-order valence-electron chi connectivity index (χ2n) is 4.91. The molecule has 2 unspecified atom stereocenters. The zero-order chi connectivity index (χ0) is 11.2. The molecule has 2 rings (SSSR count). The van der Waals surface area contributed by atoms with Crippen LogP contribution in [-0.4, -0.2) is 61.5 Å². The molecule has 2 aliphatic rings. The third kappa shape index (κ3) is 3.70. The van der Waals surface area contributed by atoms with Gasteiger partial charge < -0.3 is 15.2 Å². The number of nitrogens with zero attached hydrogens (tertiary/aromatic N) is 1. The number of nitrogens with one attached hydrogen (secondary N) is 1. The fourth-order valence-corrected chi connectivity index (χ4v) is 2.67. The van der Waals surface area contributed by atoms with Gasteiger partial charge in [0.05, 0.1) is 6.10 Å². The second-order valence-corrected chi connectivity index (χ2v) is 4.91. The van der Waals surface area contributed by atoms with Gasteiger partial charge in [-0.25, -0.2) is 0 Å². The number of ether oxygens (including phenoxy) is 1. The predicted molar refractivity (Wildman–Crippen MR) is 63.5 cm³/mol. The predicted octanol–water partition coefficient (Wildman–Crippen LogP) is 0.212. The summed E-state index contributed by atoms with van der Waals surface area (Å²) in [5.41, 5.74) is 0. The summed E-state index contributed by atoms with van der Waals surface area (Å²) in [4.78, 5) is 2.50. The van der Waals surface area contributed by atoms with Crippen molar-refractivity contribution in [2.45, 2.75) is 37.8 Å². The van der Waals surface area contributed by atoms with Crippen molar-refractivity contribution in [3.63, 3.8) is 0 Å². The second kappa shape index (κ2) is 6.55. The van der Waals surface area contributed by atoms with E-state index >= 15 is 0 Å². The Labute approximate surface area is 98.0 Å². The maximum Gasteiger partial charge on any atom is 0.0702 e. The standard InChI is InChI=1S/C12H24N2O2/c15-7-4-11-9-14(6-2-5-13-11)10-12-3-1-8-16-12/h11-13,15H,1-10H2. The average molecular weight is 228 g/mol. The summed E-state index contributed by atoms with van der Waals surface area (Å²) in [5, 5.41) is 12.5. The van der Waals surface area contributed by atoms with Crippen molar-refractivity contribution in [2.24, 2.45) is 0 Å². The molecule has 4 heteroatoms. The lowest BCUT2D eigenvalue weighted by Gasteiger charge is -2.26. The molecule has 0 radical (unpaired) electrons. The highest BCUT2D eigenvalue weighted by molar-refractivity contribution is 4.79. The van der Waals surface area contributed by atoms with Gasteiger partial charge in [0.25, 0.3) is 0 Å². The van der Waals surface area contributed by atoms with Crippen LogP contribution in [0.2, 0.25) is 0 Å². The van der Waals surface area contributed by atoms with Crippen LogP contribution in [0.1, 0.15) is 25.7 Å². The Morgan fingerprint density at radius 3 is 3.06 bits per heavy atom. The lowest BCUT2D eigenvalue weighted by atomic mass is 10.2. The van der Waals surface area contributed by atoms with Gasteiger partial charge in [0, 0.05) is 32.3 Å². The Bertz CT molecular complexity index is 195. The molecular weight excluding hydrogens is 204 g/mol. The maximum absolute atomic E-state index is 9.00. The Morgan fingerprint density at radius 1 is 1.38 bits per heavy atom. The van der Waals surface area contributed by atoms with Crippen LogP contribution in [-0.2, 0) is 4.74 Å². The Kier molecular flexibility index (Phi) is 5.03. The number of hydrogen-bond acceptors (Lipinski definition) is 4. The monoisotopic (exact) mass is 228 g/mol. The fourth-order valence-electron chi connectivity index (χ4n) is 2.67. The van der Waals surface area contributed by atoms with E-state index in [1.807, 2.05) is 0 Å². The van der Waals surface area contributed by atoms with Crippen LogP contribution in [0.4, 0.5) is 0 Å². The zero-order valence-corrected chi connectivity index (χ0v) is 10.0. The summed E-state index contributed by atoms with van der Waals surface area (Å²) in [5.74, 6) is 0. The first kappa shape index (κ1) is 12.3. The molecule has 0 saturated carbocycles.